The molecule has 1 aromatic heterocycles. The molecule has 2 N–H and O–H groups in total. The zero-order valence-corrected chi connectivity index (χ0v) is 9.68. The minimum atomic E-state index is 0.374. The molecule has 2 aliphatic carbocycles. The van der Waals surface area contributed by atoms with Gasteiger partial charge in [0.2, 0.25) is 0 Å². The van der Waals surface area contributed by atoms with Gasteiger partial charge in [0.25, 0.3) is 0 Å². The van der Waals surface area contributed by atoms with Crippen molar-refractivity contribution < 1.29 is 0 Å². The topological polar surface area (TPSA) is 56.7 Å². The van der Waals surface area contributed by atoms with Gasteiger partial charge in [0, 0.05) is 18.0 Å². The van der Waals surface area contributed by atoms with Crippen LogP contribution in [0.25, 0.3) is 0 Å². The summed E-state index contributed by atoms with van der Waals surface area (Å²) in [5, 5.41) is 8.44. The van der Waals surface area contributed by atoms with Crippen LogP contribution in [0.1, 0.15) is 62.7 Å². The molecule has 1 heterocycles. The molecule has 2 saturated carbocycles. The Balaban J connectivity index is 1.81. The lowest BCUT2D eigenvalue weighted by Crippen LogP contribution is -2.16. The number of hydrogen-bond donors (Lipinski definition) is 1. The maximum Gasteiger partial charge on any atom is 0.136 e. The Bertz CT molecular complexity index is 354. The first-order valence-electron chi connectivity index (χ1n) is 6.49. The molecule has 4 nitrogen and oxygen atoms in total. The van der Waals surface area contributed by atoms with E-state index in [1.807, 2.05) is 6.33 Å². The van der Waals surface area contributed by atoms with E-state index in [1.54, 1.807) is 0 Å². The average Bonchev–Trinajstić information content (AvgIpc) is 2.96. The number of aromatic nitrogens is 3. The van der Waals surface area contributed by atoms with Crippen LogP contribution in [0.15, 0.2) is 6.33 Å². The fourth-order valence-electron chi connectivity index (χ4n) is 3.26. The molecule has 2 aliphatic rings. The van der Waals surface area contributed by atoms with Gasteiger partial charge >= 0.3 is 0 Å². The lowest BCUT2D eigenvalue weighted by atomic mass is 10.1. The smallest absolute Gasteiger partial charge is 0.136 e. The molecule has 88 valence electrons. The highest BCUT2D eigenvalue weighted by atomic mass is 15.3. The van der Waals surface area contributed by atoms with Crippen LogP contribution < -0.4 is 5.73 Å². The van der Waals surface area contributed by atoms with Crippen molar-refractivity contribution in [2.75, 3.05) is 0 Å². The number of rotatable bonds is 2. The molecule has 0 bridgehead atoms. The van der Waals surface area contributed by atoms with Gasteiger partial charge in [-0.3, -0.25) is 0 Å². The molecule has 4 heteroatoms. The van der Waals surface area contributed by atoms with Crippen molar-refractivity contribution in [3.8, 4) is 0 Å². The van der Waals surface area contributed by atoms with Crippen molar-refractivity contribution in [1.82, 2.24) is 14.8 Å². The second kappa shape index (κ2) is 4.17. The van der Waals surface area contributed by atoms with E-state index in [4.69, 9.17) is 5.73 Å². The molecule has 0 unspecified atom stereocenters. The highest BCUT2D eigenvalue weighted by Gasteiger charge is 2.29. The molecule has 0 radical (unpaired) electrons. The van der Waals surface area contributed by atoms with Crippen LogP contribution in [0.2, 0.25) is 0 Å². The Hall–Kier alpha value is -0.900. The maximum absolute atomic E-state index is 5.98. The summed E-state index contributed by atoms with van der Waals surface area (Å²) in [4.78, 5) is 0. The van der Waals surface area contributed by atoms with Gasteiger partial charge in [0.15, 0.2) is 0 Å². The van der Waals surface area contributed by atoms with E-state index in [0.717, 1.165) is 12.8 Å². The SMILES string of the molecule is N[C@H]1CC[C@@H](c2nncn2C2CCCC2)C1. The van der Waals surface area contributed by atoms with Crippen LogP contribution in [0.5, 0.6) is 0 Å². The predicted octanol–water partition coefficient (Wildman–Crippen LogP) is 1.99. The maximum atomic E-state index is 5.98. The first-order chi connectivity index (χ1) is 7.84. The molecule has 2 atom stereocenters. The lowest BCUT2D eigenvalue weighted by molar-refractivity contribution is 0.473. The standard InChI is InChI=1S/C12H20N4/c13-10-6-5-9(7-10)12-15-14-8-16(12)11-3-1-2-4-11/h8-11H,1-7,13H2/t9-,10+/m1/s1. The lowest BCUT2D eigenvalue weighted by Gasteiger charge is -2.17. The minimum absolute atomic E-state index is 0.374. The molecule has 1 aromatic rings. The third kappa shape index (κ3) is 1.75. The molecule has 0 saturated heterocycles. The fourth-order valence-corrected chi connectivity index (χ4v) is 3.26. The number of nitrogens with zero attached hydrogens (tertiary/aromatic N) is 3. The van der Waals surface area contributed by atoms with Gasteiger partial charge in [-0.25, -0.2) is 0 Å². The van der Waals surface area contributed by atoms with Crippen LogP contribution in [0, 0.1) is 0 Å². The predicted molar refractivity (Wildman–Crippen MR) is 62.1 cm³/mol. The number of nitrogens with two attached hydrogens (primary N) is 1. The minimum Gasteiger partial charge on any atom is -0.328 e. The summed E-state index contributed by atoms with van der Waals surface area (Å²) in [5.74, 6) is 1.75. The van der Waals surface area contributed by atoms with E-state index < -0.39 is 0 Å². The molecule has 0 aromatic carbocycles. The van der Waals surface area contributed by atoms with E-state index in [9.17, 15) is 0 Å². The van der Waals surface area contributed by atoms with Gasteiger partial charge < -0.3 is 10.3 Å². The Kier molecular flexibility index (Phi) is 2.67. The van der Waals surface area contributed by atoms with Gasteiger partial charge in [0.05, 0.1) is 0 Å². The molecular weight excluding hydrogens is 200 g/mol. The molecule has 0 aliphatic heterocycles. The van der Waals surface area contributed by atoms with E-state index in [1.165, 1.54) is 37.9 Å². The molecule has 3 rings (SSSR count). The van der Waals surface area contributed by atoms with Crippen LogP contribution in [0.4, 0.5) is 0 Å². The Labute approximate surface area is 96.2 Å². The molecule has 2 fully saturated rings. The second-order valence-electron chi connectivity index (χ2n) is 5.30. The second-order valence-corrected chi connectivity index (χ2v) is 5.30. The third-order valence-electron chi connectivity index (χ3n) is 4.16. The van der Waals surface area contributed by atoms with Gasteiger partial charge in [0.1, 0.15) is 12.2 Å². The van der Waals surface area contributed by atoms with Gasteiger partial charge in [-0.1, -0.05) is 12.8 Å². The van der Waals surface area contributed by atoms with E-state index in [-0.39, 0.29) is 0 Å². The molecule has 16 heavy (non-hydrogen) atoms. The summed E-state index contributed by atoms with van der Waals surface area (Å²) in [6.07, 6.45) is 10.6. The summed E-state index contributed by atoms with van der Waals surface area (Å²) in [6.45, 7) is 0. The van der Waals surface area contributed by atoms with Crippen LogP contribution in [-0.2, 0) is 0 Å². The normalized spacial score (nSPS) is 31.3. The summed E-state index contributed by atoms with van der Waals surface area (Å²) in [5.41, 5.74) is 5.98. The first kappa shape index (κ1) is 10.3. The summed E-state index contributed by atoms with van der Waals surface area (Å²) >= 11 is 0. The quantitative estimate of drug-likeness (QED) is 0.829. The van der Waals surface area contributed by atoms with Crippen molar-refractivity contribution in [3.05, 3.63) is 12.2 Å². The Morgan fingerprint density at radius 1 is 1.19 bits per heavy atom. The van der Waals surface area contributed by atoms with Crippen molar-refractivity contribution >= 4 is 0 Å². The van der Waals surface area contributed by atoms with Crippen LogP contribution in [-0.4, -0.2) is 20.8 Å². The van der Waals surface area contributed by atoms with Crippen molar-refractivity contribution in [2.24, 2.45) is 5.73 Å². The zero-order valence-electron chi connectivity index (χ0n) is 9.68. The van der Waals surface area contributed by atoms with Crippen molar-refractivity contribution in [3.63, 3.8) is 0 Å². The van der Waals surface area contributed by atoms with E-state index in [2.05, 4.69) is 14.8 Å². The summed E-state index contributed by atoms with van der Waals surface area (Å²) in [6, 6.07) is 1.03. The highest BCUT2D eigenvalue weighted by Crippen LogP contribution is 2.36. The summed E-state index contributed by atoms with van der Waals surface area (Å²) in [7, 11) is 0. The first-order valence-corrected chi connectivity index (χ1v) is 6.49. The summed E-state index contributed by atoms with van der Waals surface area (Å²) < 4.78 is 2.33. The average molecular weight is 220 g/mol. The van der Waals surface area contributed by atoms with Gasteiger partial charge in [-0.2, -0.15) is 0 Å². The zero-order chi connectivity index (χ0) is 11.0. The molecule has 0 spiro atoms. The highest BCUT2D eigenvalue weighted by molar-refractivity contribution is 5.03. The van der Waals surface area contributed by atoms with Crippen molar-refractivity contribution in [2.45, 2.75) is 62.9 Å². The molecule has 0 amide bonds. The van der Waals surface area contributed by atoms with Crippen LogP contribution in [0.3, 0.4) is 0 Å². The van der Waals surface area contributed by atoms with Gasteiger partial charge in [-0.05, 0) is 32.1 Å². The third-order valence-corrected chi connectivity index (χ3v) is 4.16. The Morgan fingerprint density at radius 2 is 2.00 bits per heavy atom. The van der Waals surface area contributed by atoms with E-state index >= 15 is 0 Å². The Morgan fingerprint density at radius 3 is 2.69 bits per heavy atom. The van der Waals surface area contributed by atoms with E-state index in [0.29, 0.717) is 18.0 Å². The number of hydrogen-bond acceptors (Lipinski definition) is 3. The monoisotopic (exact) mass is 220 g/mol. The largest absolute Gasteiger partial charge is 0.328 e. The van der Waals surface area contributed by atoms with Crippen LogP contribution >= 0.6 is 0 Å². The van der Waals surface area contributed by atoms with Crippen molar-refractivity contribution in [1.29, 1.82) is 0 Å². The fraction of sp³-hybridized carbons (Fsp3) is 0.833. The molecular formula is C12H20N4. The van der Waals surface area contributed by atoms with Gasteiger partial charge in [-0.15, -0.1) is 10.2 Å².